The molecule has 5 heteroatoms. The molecule has 0 saturated carbocycles. The zero-order chi connectivity index (χ0) is 13.2. The Kier molecular flexibility index (Phi) is 3.23. The molecule has 0 saturated heterocycles. The summed E-state index contributed by atoms with van der Waals surface area (Å²) in [5.41, 5.74) is 0.236. The van der Waals surface area contributed by atoms with Crippen LogP contribution in [0.25, 0.3) is 0 Å². The van der Waals surface area contributed by atoms with E-state index in [0.29, 0.717) is 12.3 Å². The molecule has 1 N–H and O–H groups in total. The molecule has 2 rings (SSSR count). The summed E-state index contributed by atoms with van der Waals surface area (Å²) in [6.45, 7) is 4.04. The van der Waals surface area contributed by atoms with E-state index in [1.165, 1.54) is 6.92 Å². The molecule has 0 aliphatic carbocycles. The van der Waals surface area contributed by atoms with Gasteiger partial charge in [0, 0.05) is 6.42 Å². The smallest absolute Gasteiger partial charge is 0.351 e. The lowest BCUT2D eigenvalue weighted by Gasteiger charge is -2.14. The van der Waals surface area contributed by atoms with Crippen molar-refractivity contribution in [3.8, 4) is 5.75 Å². The van der Waals surface area contributed by atoms with E-state index in [1.807, 2.05) is 31.2 Å². The number of rotatable bonds is 4. The van der Waals surface area contributed by atoms with Crippen molar-refractivity contribution < 1.29 is 19.5 Å². The first kappa shape index (κ1) is 12.4. The molecule has 96 valence electrons. The number of carboxylic acid groups (broad SMARTS) is 1. The lowest BCUT2D eigenvalue weighted by atomic mass is 9.96. The molecular weight excluding hydrogens is 234 g/mol. The average molecular weight is 249 g/mol. The Morgan fingerprint density at radius 1 is 1.50 bits per heavy atom. The highest BCUT2D eigenvalue weighted by Crippen LogP contribution is 2.27. The largest absolute Gasteiger partial charge is 0.494 e. The van der Waals surface area contributed by atoms with Crippen molar-refractivity contribution in [2.24, 2.45) is 5.16 Å². The zero-order valence-corrected chi connectivity index (χ0v) is 10.3. The van der Waals surface area contributed by atoms with Crippen molar-refractivity contribution in [1.82, 2.24) is 0 Å². The number of benzene rings is 1. The first-order valence-corrected chi connectivity index (χ1v) is 5.77. The molecular formula is C13H15NO4. The molecule has 1 heterocycles. The van der Waals surface area contributed by atoms with Crippen LogP contribution >= 0.6 is 0 Å². The Hall–Kier alpha value is -2.04. The number of carboxylic acids is 1. The van der Waals surface area contributed by atoms with Gasteiger partial charge in [0.1, 0.15) is 5.75 Å². The van der Waals surface area contributed by atoms with E-state index >= 15 is 0 Å². The van der Waals surface area contributed by atoms with Crippen LogP contribution < -0.4 is 4.74 Å². The first-order chi connectivity index (χ1) is 8.55. The normalized spacial score (nSPS) is 22.2. The molecule has 1 unspecified atom stereocenters. The summed E-state index contributed by atoms with van der Waals surface area (Å²) in [5, 5.41) is 12.9. The van der Waals surface area contributed by atoms with Gasteiger partial charge in [0.2, 0.25) is 5.60 Å². The molecule has 0 fully saturated rings. The number of hydrogen-bond donors (Lipinski definition) is 1. The summed E-state index contributed by atoms with van der Waals surface area (Å²) in [5.74, 6) is -0.228. The summed E-state index contributed by atoms with van der Waals surface area (Å²) in [6, 6.07) is 7.36. The summed E-state index contributed by atoms with van der Waals surface area (Å²) in [4.78, 5) is 16.0. The fraction of sp³-hybridized carbons (Fsp3) is 0.385. The quantitative estimate of drug-likeness (QED) is 0.886. The number of oxime groups is 1. The first-order valence-electron chi connectivity index (χ1n) is 5.77. The molecule has 0 radical (unpaired) electrons. The third-order valence-corrected chi connectivity index (χ3v) is 2.81. The zero-order valence-electron chi connectivity index (χ0n) is 10.3. The molecule has 1 aromatic rings. The van der Waals surface area contributed by atoms with Gasteiger partial charge in [0.05, 0.1) is 12.3 Å². The van der Waals surface area contributed by atoms with Crippen LogP contribution in [0.3, 0.4) is 0 Å². The highest BCUT2D eigenvalue weighted by Gasteiger charge is 2.42. The van der Waals surface area contributed by atoms with Crippen LogP contribution in [0.1, 0.15) is 25.8 Å². The van der Waals surface area contributed by atoms with Crippen LogP contribution in [0.2, 0.25) is 0 Å². The molecule has 1 aromatic carbocycles. The fourth-order valence-corrected chi connectivity index (χ4v) is 1.72. The van der Waals surface area contributed by atoms with Gasteiger partial charge in [-0.3, -0.25) is 0 Å². The van der Waals surface area contributed by atoms with E-state index in [-0.39, 0.29) is 6.42 Å². The summed E-state index contributed by atoms with van der Waals surface area (Å²) >= 11 is 0. The van der Waals surface area contributed by atoms with Crippen LogP contribution in [-0.2, 0) is 9.63 Å². The summed E-state index contributed by atoms with van der Waals surface area (Å²) in [6.07, 6.45) is 0.260. The van der Waals surface area contributed by atoms with Gasteiger partial charge in [-0.05, 0) is 43.7 Å². The van der Waals surface area contributed by atoms with Crippen molar-refractivity contribution in [1.29, 1.82) is 0 Å². The SMILES string of the molecule is CCOc1ccc(C2=NOC(C)(C(=O)O)C2)cc1. The van der Waals surface area contributed by atoms with Gasteiger partial charge in [-0.2, -0.15) is 0 Å². The lowest BCUT2D eigenvalue weighted by molar-refractivity contribution is -0.160. The van der Waals surface area contributed by atoms with Crippen molar-refractivity contribution in [2.45, 2.75) is 25.9 Å². The van der Waals surface area contributed by atoms with E-state index in [2.05, 4.69) is 5.16 Å². The molecule has 18 heavy (non-hydrogen) atoms. The van der Waals surface area contributed by atoms with Gasteiger partial charge >= 0.3 is 5.97 Å². The molecule has 5 nitrogen and oxygen atoms in total. The second-order valence-electron chi connectivity index (χ2n) is 4.30. The molecule has 0 amide bonds. The van der Waals surface area contributed by atoms with Crippen molar-refractivity contribution >= 4 is 11.7 Å². The number of nitrogens with zero attached hydrogens (tertiary/aromatic N) is 1. The second kappa shape index (κ2) is 4.68. The Labute approximate surface area is 105 Å². The number of aliphatic carboxylic acids is 1. The Bertz CT molecular complexity index is 480. The van der Waals surface area contributed by atoms with Gasteiger partial charge < -0.3 is 14.7 Å². The van der Waals surface area contributed by atoms with Gasteiger partial charge in [0.25, 0.3) is 0 Å². The van der Waals surface area contributed by atoms with E-state index in [0.717, 1.165) is 11.3 Å². The molecule has 1 atom stereocenters. The van der Waals surface area contributed by atoms with E-state index in [4.69, 9.17) is 14.7 Å². The van der Waals surface area contributed by atoms with E-state index in [9.17, 15) is 4.79 Å². The highest BCUT2D eigenvalue weighted by atomic mass is 16.7. The molecule has 1 aliphatic rings. The number of carbonyl (C=O) groups is 1. The third kappa shape index (κ3) is 2.30. The Balaban J connectivity index is 2.12. The van der Waals surface area contributed by atoms with Crippen molar-refractivity contribution in [3.05, 3.63) is 29.8 Å². The fourth-order valence-electron chi connectivity index (χ4n) is 1.72. The van der Waals surface area contributed by atoms with Crippen molar-refractivity contribution in [2.75, 3.05) is 6.61 Å². The van der Waals surface area contributed by atoms with Crippen LogP contribution in [-0.4, -0.2) is 29.0 Å². The lowest BCUT2D eigenvalue weighted by Crippen LogP contribution is -2.35. The third-order valence-electron chi connectivity index (χ3n) is 2.81. The molecule has 1 aliphatic heterocycles. The van der Waals surface area contributed by atoms with Gasteiger partial charge in [0.15, 0.2) is 0 Å². The predicted molar refractivity (Wildman–Crippen MR) is 65.9 cm³/mol. The van der Waals surface area contributed by atoms with Crippen LogP contribution in [0.15, 0.2) is 29.4 Å². The summed E-state index contributed by atoms with van der Waals surface area (Å²) in [7, 11) is 0. The van der Waals surface area contributed by atoms with Crippen LogP contribution in [0.5, 0.6) is 5.75 Å². The Morgan fingerprint density at radius 2 is 2.17 bits per heavy atom. The standard InChI is InChI=1S/C13H15NO4/c1-3-17-10-6-4-9(5-7-10)11-8-13(2,12(15)16)18-14-11/h4-7H,3,8H2,1-2H3,(H,15,16). The van der Waals surface area contributed by atoms with Gasteiger partial charge in [-0.25, -0.2) is 4.79 Å². The minimum Gasteiger partial charge on any atom is -0.494 e. The topological polar surface area (TPSA) is 68.1 Å². The van der Waals surface area contributed by atoms with Gasteiger partial charge in [-0.15, -0.1) is 0 Å². The highest BCUT2D eigenvalue weighted by molar-refractivity contribution is 6.04. The van der Waals surface area contributed by atoms with Gasteiger partial charge in [-0.1, -0.05) is 5.16 Å². The molecule has 0 spiro atoms. The minimum absolute atomic E-state index is 0.260. The van der Waals surface area contributed by atoms with E-state index < -0.39 is 11.6 Å². The van der Waals surface area contributed by atoms with Crippen LogP contribution in [0, 0.1) is 0 Å². The number of hydrogen-bond acceptors (Lipinski definition) is 4. The maximum atomic E-state index is 11.0. The monoisotopic (exact) mass is 249 g/mol. The minimum atomic E-state index is -1.26. The second-order valence-corrected chi connectivity index (χ2v) is 4.30. The van der Waals surface area contributed by atoms with Crippen molar-refractivity contribution in [3.63, 3.8) is 0 Å². The average Bonchev–Trinajstić information content (AvgIpc) is 2.75. The molecule has 0 bridgehead atoms. The molecule has 0 aromatic heterocycles. The predicted octanol–water partition coefficient (Wildman–Crippen LogP) is 2.05. The van der Waals surface area contributed by atoms with Crippen LogP contribution in [0.4, 0.5) is 0 Å². The van der Waals surface area contributed by atoms with E-state index in [1.54, 1.807) is 0 Å². The Morgan fingerprint density at radius 3 is 2.67 bits per heavy atom. The maximum Gasteiger partial charge on any atom is 0.351 e. The number of ether oxygens (including phenoxy) is 1. The summed E-state index contributed by atoms with van der Waals surface area (Å²) < 4.78 is 5.34. The maximum absolute atomic E-state index is 11.0.